The average molecular weight is 412 g/mol. The Labute approximate surface area is 176 Å². The first-order chi connectivity index (χ1) is 14.2. The van der Waals surface area contributed by atoms with Gasteiger partial charge < -0.3 is 5.73 Å². The van der Waals surface area contributed by atoms with Crippen LogP contribution in [0.2, 0.25) is 0 Å². The molecule has 2 heterocycles. The zero-order chi connectivity index (χ0) is 19.8. The predicted molar refractivity (Wildman–Crippen MR) is 125 cm³/mol. The summed E-state index contributed by atoms with van der Waals surface area (Å²) in [5, 5.41) is 3.01. The zero-order valence-electron chi connectivity index (χ0n) is 15.5. The molecule has 0 aliphatic heterocycles. The Kier molecular flexibility index (Phi) is 4.51. The molecule has 0 saturated carbocycles. The number of benzene rings is 3. The van der Waals surface area contributed by atoms with Gasteiger partial charge in [-0.2, -0.15) is 0 Å². The maximum Gasteiger partial charge on any atom is 0.250 e. The van der Waals surface area contributed by atoms with Gasteiger partial charge >= 0.3 is 0 Å². The lowest BCUT2D eigenvalue weighted by Crippen LogP contribution is -2.11. The molecule has 0 bridgehead atoms. The highest BCUT2D eigenvalue weighted by atomic mass is 32.1. The van der Waals surface area contributed by atoms with E-state index in [0.29, 0.717) is 5.56 Å². The van der Waals surface area contributed by atoms with Gasteiger partial charge in [0.1, 0.15) is 0 Å². The Morgan fingerprint density at radius 3 is 2.07 bits per heavy atom. The summed E-state index contributed by atoms with van der Waals surface area (Å²) in [6.07, 6.45) is 0. The van der Waals surface area contributed by atoms with Crippen molar-refractivity contribution in [2.75, 3.05) is 0 Å². The van der Waals surface area contributed by atoms with Crippen LogP contribution < -0.4 is 5.73 Å². The molecule has 5 rings (SSSR count). The summed E-state index contributed by atoms with van der Waals surface area (Å²) < 4.78 is 1.07. The van der Waals surface area contributed by atoms with Crippen LogP contribution in [0.3, 0.4) is 0 Å². The topological polar surface area (TPSA) is 43.1 Å². The molecule has 0 radical (unpaired) electrons. The van der Waals surface area contributed by atoms with Gasteiger partial charge in [-0.15, -0.1) is 22.7 Å². The van der Waals surface area contributed by atoms with Crippen LogP contribution in [0, 0.1) is 0 Å². The molecule has 2 aromatic heterocycles. The van der Waals surface area contributed by atoms with Crippen LogP contribution in [0.5, 0.6) is 0 Å². The molecular formula is C25H17NOS2. The van der Waals surface area contributed by atoms with Crippen molar-refractivity contribution in [3.63, 3.8) is 0 Å². The lowest BCUT2D eigenvalue weighted by Gasteiger charge is -2.09. The lowest BCUT2D eigenvalue weighted by atomic mass is 9.96. The molecule has 3 aromatic carbocycles. The maximum atomic E-state index is 12.6. The monoisotopic (exact) mass is 411 g/mol. The molecule has 0 spiro atoms. The van der Waals surface area contributed by atoms with Crippen LogP contribution in [0.25, 0.3) is 42.1 Å². The van der Waals surface area contributed by atoms with Crippen molar-refractivity contribution in [3.05, 3.63) is 95.9 Å². The van der Waals surface area contributed by atoms with Gasteiger partial charge in [-0.05, 0) is 40.3 Å². The first-order valence-electron chi connectivity index (χ1n) is 9.27. The first kappa shape index (κ1) is 17.9. The maximum absolute atomic E-state index is 12.6. The largest absolute Gasteiger partial charge is 0.366 e. The van der Waals surface area contributed by atoms with E-state index < -0.39 is 0 Å². The van der Waals surface area contributed by atoms with Crippen molar-refractivity contribution in [1.82, 2.24) is 0 Å². The van der Waals surface area contributed by atoms with Crippen molar-refractivity contribution in [2.45, 2.75) is 0 Å². The predicted octanol–water partition coefficient (Wildman–Crippen LogP) is 7.06. The van der Waals surface area contributed by atoms with Crippen molar-refractivity contribution >= 4 is 38.7 Å². The minimum absolute atomic E-state index is 0.389. The smallest absolute Gasteiger partial charge is 0.250 e. The van der Waals surface area contributed by atoms with Crippen LogP contribution in [0.4, 0.5) is 0 Å². The molecule has 0 saturated heterocycles. The van der Waals surface area contributed by atoms with Crippen LogP contribution in [-0.2, 0) is 0 Å². The number of carbonyl (C=O) groups excluding carboxylic acids is 1. The minimum Gasteiger partial charge on any atom is -0.366 e. The fourth-order valence-electron chi connectivity index (χ4n) is 3.68. The van der Waals surface area contributed by atoms with Gasteiger partial charge in [0.15, 0.2) is 0 Å². The second kappa shape index (κ2) is 7.32. The highest BCUT2D eigenvalue weighted by Gasteiger charge is 2.22. The molecule has 0 unspecified atom stereocenters. The number of rotatable bonds is 4. The fourth-order valence-corrected chi connectivity index (χ4v) is 5.71. The number of hydrogen-bond donors (Lipinski definition) is 1. The highest BCUT2D eigenvalue weighted by molar-refractivity contribution is 7.23. The SMILES string of the molecule is NC(=O)c1c(-c2ccccc2)sc2cc(-c3ccccc3)cc(-c3cccs3)c12. The van der Waals surface area contributed by atoms with Crippen LogP contribution in [0.1, 0.15) is 10.4 Å². The molecular weight excluding hydrogens is 394 g/mol. The van der Waals surface area contributed by atoms with Crippen LogP contribution in [-0.4, -0.2) is 5.91 Å². The second-order valence-electron chi connectivity index (χ2n) is 6.78. The third-order valence-electron chi connectivity index (χ3n) is 4.97. The Bertz CT molecular complexity index is 1300. The van der Waals surface area contributed by atoms with E-state index in [1.54, 1.807) is 22.7 Å². The van der Waals surface area contributed by atoms with Crippen LogP contribution in [0.15, 0.2) is 90.3 Å². The molecule has 0 aliphatic carbocycles. The summed E-state index contributed by atoms with van der Waals surface area (Å²) in [5.74, 6) is -0.389. The molecule has 1 amide bonds. The number of hydrogen-bond acceptors (Lipinski definition) is 3. The molecule has 2 N–H and O–H groups in total. The number of primary amides is 1. The summed E-state index contributed by atoms with van der Waals surface area (Å²) in [6, 6.07) is 28.8. The number of nitrogens with two attached hydrogens (primary N) is 1. The summed E-state index contributed by atoms with van der Waals surface area (Å²) in [7, 11) is 0. The standard InChI is InChI=1S/C25H17NOS2/c26-25(27)23-22-19(20-12-7-13-28-20)14-18(16-8-3-1-4-9-16)15-21(22)29-24(23)17-10-5-2-6-11-17/h1-15H,(H2,26,27). The number of thiophene rings is 2. The minimum atomic E-state index is -0.389. The highest BCUT2D eigenvalue weighted by Crippen LogP contribution is 2.45. The van der Waals surface area contributed by atoms with Gasteiger partial charge in [0, 0.05) is 25.4 Å². The van der Waals surface area contributed by atoms with E-state index in [4.69, 9.17) is 5.73 Å². The third kappa shape index (κ3) is 3.16. The molecule has 2 nitrogen and oxygen atoms in total. The Balaban J connectivity index is 1.88. The van der Waals surface area contributed by atoms with Crippen molar-refractivity contribution in [2.24, 2.45) is 5.73 Å². The fraction of sp³-hybridized carbons (Fsp3) is 0. The molecule has 0 aliphatic rings. The summed E-state index contributed by atoms with van der Waals surface area (Å²) in [5.41, 5.74) is 10.9. The van der Waals surface area contributed by atoms with Crippen molar-refractivity contribution in [1.29, 1.82) is 0 Å². The van der Waals surface area contributed by atoms with Crippen LogP contribution >= 0.6 is 22.7 Å². The number of carbonyl (C=O) groups is 1. The molecule has 0 atom stereocenters. The Morgan fingerprint density at radius 2 is 1.45 bits per heavy atom. The van der Waals surface area contributed by atoms with E-state index in [-0.39, 0.29) is 5.91 Å². The normalized spacial score (nSPS) is 11.0. The average Bonchev–Trinajstić information content (AvgIpc) is 3.42. The van der Waals surface area contributed by atoms with Gasteiger partial charge in [-0.3, -0.25) is 4.79 Å². The van der Waals surface area contributed by atoms with Gasteiger partial charge in [0.2, 0.25) is 0 Å². The van der Waals surface area contributed by atoms with E-state index in [2.05, 4.69) is 35.7 Å². The van der Waals surface area contributed by atoms with E-state index in [0.717, 1.165) is 42.1 Å². The summed E-state index contributed by atoms with van der Waals surface area (Å²) in [6.45, 7) is 0. The molecule has 0 fully saturated rings. The Morgan fingerprint density at radius 1 is 0.759 bits per heavy atom. The van der Waals surface area contributed by atoms with E-state index >= 15 is 0 Å². The number of amides is 1. The van der Waals surface area contributed by atoms with Gasteiger partial charge in [-0.25, -0.2) is 0 Å². The molecule has 29 heavy (non-hydrogen) atoms. The van der Waals surface area contributed by atoms with E-state index in [1.807, 2.05) is 54.6 Å². The zero-order valence-corrected chi connectivity index (χ0v) is 17.1. The second-order valence-corrected chi connectivity index (χ2v) is 8.78. The van der Waals surface area contributed by atoms with Gasteiger partial charge in [0.25, 0.3) is 5.91 Å². The number of fused-ring (bicyclic) bond motifs is 1. The quantitative estimate of drug-likeness (QED) is 0.338. The van der Waals surface area contributed by atoms with E-state index in [1.165, 1.54) is 0 Å². The Hall–Kier alpha value is -3.21. The van der Waals surface area contributed by atoms with Crippen molar-refractivity contribution in [3.8, 4) is 32.0 Å². The lowest BCUT2D eigenvalue weighted by molar-refractivity contribution is 0.100. The summed E-state index contributed by atoms with van der Waals surface area (Å²) in [4.78, 5) is 14.6. The molecule has 5 aromatic rings. The third-order valence-corrected chi connectivity index (χ3v) is 7.06. The van der Waals surface area contributed by atoms with Crippen molar-refractivity contribution < 1.29 is 4.79 Å². The first-order valence-corrected chi connectivity index (χ1v) is 11.0. The molecule has 4 heteroatoms. The van der Waals surface area contributed by atoms with Gasteiger partial charge in [0.05, 0.1) is 5.56 Å². The molecule has 140 valence electrons. The van der Waals surface area contributed by atoms with E-state index in [9.17, 15) is 4.79 Å². The van der Waals surface area contributed by atoms with Gasteiger partial charge in [-0.1, -0.05) is 66.7 Å². The summed E-state index contributed by atoms with van der Waals surface area (Å²) >= 11 is 3.30.